The highest BCUT2D eigenvalue weighted by molar-refractivity contribution is 6.23. The van der Waals surface area contributed by atoms with Crippen LogP contribution in [0.5, 0.6) is 0 Å². The summed E-state index contributed by atoms with van der Waals surface area (Å²) in [7, 11) is 2.08. The zero-order valence-electron chi connectivity index (χ0n) is 10.8. The van der Waals surface area contributed by atoms with Gasteiger partial charge in [0.25, 0.3) is 0 Å². The fourth-order valence-corrected chi connectivity index (χ4v) is 3.05. The third-order valence-electron chi connectivity index (χ3n) is 3.85. The Morgan fingerprint density at radius 3 is 2.72 bits per heavy atom. The Hall–Kier alpha value is -1.15. The van der Waals surface area contributed by atoms with Gasteiger partial charge in [0.2, 0.25) is 0 Å². The van der Waals surface area contributed by atoms with E-state index >= 15 is 0 Å². The van der Waals surface area contributed by atoms with Crippen LogP contribution in [0.2, 0.25) is 0 Å². The number of likely N-dealkylation sites (tertiary alicyclic amines) is 1. The molecule has 0 aromatic heterocycles. The predicted octanol–water partition coefficient (Wildman–Crippen LogP) is 3.25. The molecule has 1 aliphatic carbocycles. The number of hydrogen-bond acceptors (Lipinski definition) is 2. The Labute approximate surface area is 114 Å². The van der Waals surface area contributed by atoms with Gasteiger partial charge < -0.3 is 9.80 Å². The molecule has 0 saturated carbocycles. The summed E-state index contributed by atoms with van der Waals surface area (Å²) in [6, 6.07) is 0. The van der Waals surface area contributed by atoms with Crippen molar-refractivity contribution in [2.24, 2.45) is 0 Å². The molecule has 96 valence electrons. The number of likely N-dealkylation sites (N-methyl/N-ethyl adjacent to an activating group) is 1. The van der Waals surface area contributed by atoms with E-state index in [0.29, 0.717) is 0 Å². The molecule has 3 heteroatoms. The van der Waals surface area contributed by atoms with Crippen LogP contribution in [-0.2, 0) is 0 Å². The van der Waals surface area contributed by atoms with E-state index in [1.807, 2.05) is 0 Å². The minimum atomic E-state index is 0.0142. The molecule has 3 rings (SSSR count). The van der Waals surface area contributed by atoms with Crippen LogP contribution in [0, 0.1) is 0 Å². The van der Waals surface area contributed by atoms with E-state index in [9.17, 15) is 0 Å². The molecule has 0 aromatic rings. The summed E-state index contributed by atoms with van der Waals surface area (Å²) in [6.07, 6.45) is 14.7. The van der Waals surface area contributed by atoms with Gasteiger partial charge in [-0.25, -0.2) is 0 Å². The minimum absolute atomic E-state index is 0.0142. The average Bonchev–Trinajstić information content (AvgIpc) is 2.41. The number of halogens is 1. The smallest absolute Gasteiger partial charge is 0.0723 e. The summed E-state index contributed by atoms with van der Waals surface area (Å²) in [5.74, 6) is 0. The van der Waals surface area contributed by atoms with Crippen molar-refractivity contribution in [2.45, 2.75) is 24.6 Å². The van der Waals surface area contributed by atoms with Crippen molar-refractivity contribution < 1.29 is 0 Å². The van der Waals surface area contributed by atoms with E-state index in [2.05, 4.69) is 47.4 Å². The fraction of sp³-hybridized carbons (Fsp3) is 0.467. The molecule has 0 N–H and O–H groups in total. The van der Waals surface area contributed by atoms with Crippen molar-refractivity contribution in [3.8, 4) is 0 Å². The van der Waals surface area contributed by atoms with Crippen LogP contribution in [0.1, 0.15) is 19.3 Å². The van der Waals surface area contributed by atoms with Crippen molar-refractivity contribution in [1.82, 2.24) is 9.80 Å². The first-order valence-electron chi connectivity index (χ1n) is 6.70. The highest BCUT2D eigenvalue weighted by Crippen LogP contribution is 2.32. The largest absolute Gasteiger partial charge is 0.371 e. The molecular formula is C15H19ClN2. The van der Waals surface area contributed by atoms with Gasteiger partial charge in [0.05, 0.1) is 5.38 Å². The summed E-state index contributed by atoms with van der Waals surface area (Å²) in [5.41, 5.74) is 3.92. The van der Waals surface area contributed by atoms with E-state index in [0.717, 1.165) is 0 Å². The maximum Gasteiger partial charge on any atom is 0.0723 e. The quantitative estimate of drug-likeness (QED) is 0.670. The monoisotopic (exact) mass is 262 g/mol. The van der Waals surface area contributed by atoms with E-state index in [1.54, 1.807) is 0 Å². The van der Waals surface area contributed by atoms with Gasteiger partial charge in [-0.05, 0) is 31.4 Å². The maximum atomic E-state index is 6.19. The minimum Gasteiger partial charge on any atom is -0.371 e. The van der Waals surface area contributed by atoms with Crippen LogP contribution in [0.4, 0.5) is 0 Å². The van der Waals surface area contributed by atoms with Gasteiger partial charge in [0, 0.05) is 43.3 Å². The third kappa shape index (κ3) is 2.10. The maximum absolute atomic E-state index is 6.19. The van der Waals surface area contributed by atoms with Crippen LogP contribution >= 0.6 is 11.6 Å². The van der Waals surface area contributed by atoms with Crippen molar-refractivity contribution in [3.05, 3.63) is 47.5 Å². The van der Waals surface area contributed by atoms with Gasteiger partial charge in [-0.2, -0.15) is 0 Å². The lowest BCUT2D eigenvalue weighted by atomic mass is 9.98. The predicted molar refractivity (Wildman–Crippen MR) is 76.2 cm³/mol. The average molecular weight is 263 g/mol. The second-order valence-corrected chi connectivity index (χ2v) is 5.63. The molecule has 1 unspecified atom stereocenters. The molecule has 2 heterocycles. The summed E-state index contributed by atoms with van der Waals surface area (Å²) >= 11 is 6.19. The number of allylic oxidation sites excluding steroid dienone is 4. The molecule has 0 aromatic carbocycles. The molecule has 2 aliphatic heterocycles. The molecule has 18 heavy (non-hydrogen) atoms. The normalized spacial score (nSPS) is 27.4. The Bertz CT molecular complexity index is 453. The highest BCUT2D eigenvalue weighted by Gasteiger charge is 2.23. The van der Waals surface area contributed by atoms with Crippen LogP contribution < -0.4 is 0 Å². The van der Waals surface area contributed by atoms with E-state index in [1.165, 1.54) is 49.3 Å². The Kier molecular flexibility index (Phi) is 3.21. The molecule has 0 spiro atoms. The lowest BCUT2D eigenvalue weighted by Crippen LogP contribution is -2.32. The van der Waals surface area contributed by atoms with Crippen LogP contribution in [0.15, 0.2) is 47.5 Å². The van der Waals surface area contributed by atoms with E-state index < -0.39 is 0 Å². The van der Waals surface area contributed by atoms with E-state index in [-0.39, 0.29) is 5.38 Å². The van der Waals surface area contributed by atoms with Gasteiger partial charge >= 0.3 is 0 Å². The highest BCUT2D eigenvalue weighted by atomic mass is 35.5. The number of hydrogen-bond donors (Lipinski definition) is 0. The van der Waals surface area contributed by atoms with Gasteiger partial charge in [-0.3, -0.25) is 0 Å². The van der Waals surface area contributed by atoms with Crippen molar-refractivity contribution >= 4 is 11.6 Å². The standard InChI is InChI=1S/C15H19ClN2/c1-17-10-7-14(18-8-3-2-4-9-18)13-6-5-12(16)11-15(13)17/h5-7,10-12H,2-4,8-9H2,1H3. The first kappa shape index (κ1) is 11.9. The SMILES string of the molecule is CN1C=CC(N2CCCCC2)=C2C=CC(Cl)C=C21. The molecular weight excluding hydrogens is 244 g/mol. The van der Waals surface area contributed by atoms with Crippen LogP contribution in [0.25, 0.3) is 0 Å². The molecule has 1 saturated heterocycles. The topological polar surface area (TPSA) is 6.48 Å². The zero-order valence-corrected chi connectivity index (χ0v) is 11.5. The number of fused-ring (bicyclic) bond motifs is 1. The second-order valence-electron chi connectivity index (χ2n) is 5.13. The third-order valence-corrected chi connectivity index (χ3v) is 4.12. The summed E-state index contributed by atoms with van der Waals surface area (Å²) in [5, 5.41) is 0.0142. The van der Waals surface area contributed by atoms with Crippen molar-refractivity contribution in [3.63, 3.8) is 0 Å². The fourth-order valence-electron chi connectivity index (χ4n) is 2.86. The van der Waals surface area contributed by atoms with Gasteiger partial charge in [-0.15, -0.1) is 11.6 Å². The van der Waals surface area contributed by atoms with Crippen molar-refractivity contribution in [1.29, 1.82) is 0 Å². The Morgan fingerprint density at radius 1 is 1.17 bits per heavy atom. The lowest BCUT2D eigenvalue weighted by molar-refractivity contribution is 0.288. The molecule has 3 aliphatic rings. The first-order valence-corrected chi connectivity index (χ1v) is 7.14. The number of rotatable bonds is 1. The number of alkyl halides is 1. The number of piperidine rings is 1. The van der Waals surface area contributed by atoms with Gasteiger partial charge in [-0.1, -0.05) is 12.2 Å². The van der Waals surface area contributed by atoms with Crippen LogP contribution in [0.3, 0.4) is 0 Å². The number of nitrogens with zero attached hydrogens (tertiary/aromatic N) is 2. The zero-order chi connectivity index (χ0) is 12.5. The Balaban J connectivity index is 1.97. The molecule has 0 bridgehead atoms. The summed E-state index contributed by atoms with van der Waals surface area (Å²) in [4.78, 5) is 4.66. The first-order chi connectivity index (χ1) is 8.75. The molecule has 1 atom stereocenters. The summed E-state index contributed by atoms with van der Waals surface area (Å²) in [6.45, 7) is 2.36. The molecule has 1 fully saturated rings. The van der Waals surface area contributed by atoms with E-state index in [4.69, 9.17) is 11.6 Å². The molecule has 0 radical (unpaired) electrons. The Morgan fingerprint density at radius 2 is 1.94 bits per heavy atom. The lowest BCUT2D eigenvalue weighted by Gasteiger charge is -2.36. The molecule has 2 nitrogen and oxygen atoms in total. The summed E-state index contributed by atoms with van der Waals surface area (Å²) < 4.78 is 0. The molecule has 0 amide bonds. The van der Waals surface area contributed by atoms with Crippen molar-refractivity contribution in [2.75, 3.05) is 20.1 Å². The van der Waals surface area contributed by atoms with Gasteiger partial charge in [0.1, 0.15) is 0 Å². The van der Waals surface area contributed by atoms with Crippen LogP contribution in [-0.4, -0.2) is 35.3 Å². The van der Waals surface area contributed by atoms with Gasteiger partial charge in [0.15, 0.2) is 0 Å². The second kappa shape index (κ2) is 4.85.